The maximum Gasteiger partial charge on any atom is 0.127 e. The third-order valence-corrected chi connectivity index (χ3v) is 3.77. The molecule has 3 nitrogen and oxygen atoms in total. The lowest BCUT2D eigenvalue weighted by molar-refractivity contribution is 0.351. The summed E-state index contributed by atoms with van der Waals surface area (Å²) in [5.41, 5.74) is 3.36. The first kappa shape index (κ1) is 13.4. The fourth-order valence-electron chi connectivity index (χ4n) is 2.48. The van der Waals surface area contributed by atoms with Crippen LogP contribution in [0.3, 0.4) is 0 Å². The summed E-state index contributed by atoms with van der Waals surface area (Å²) < 4.78 is 5.71. The Labute approximate surface area is 123 Å². The van der Waals surface area contributed by atoms with Gasteiger partial charge in [0.15, 0.2) is 0 Å². The molecule has 1 aliphatic rings. The van der Waals surface area contributed by atoms with Crippen molar-refractivity contribution >= 4 is 11.6 Å². The Morgan fingerprint density at radius 3 is 3.10 bits per heavy atom. The number of fused-ring (bicyclic) bond motifs is 1. The van der Waals surface area contributed by atoms with Crippen LogP contribution >= 0.6 is 11.6 Å². The normalized spacial score (nSPS) is 14.7. The zero-order valence-electron chi connectivity index (χ0n) is 11.4. The first-order chi connectivity index (χ1) is 9.74. The Kier molecular flexibility index (Phi) is 3.90. The predicted molar refractivity (Wildman–Crippen MR) is 80.1 cm³/mol. The molecule has 0 saturated carbocycles. The molecule has 0 spiro atoms. The van der Waals surface area contributed by atoms with E-state index in [9.17, 15) is 0 Å². The van der Waals surface area contributed by atoms with Crippen molar-refractivity contribution in [3.8, 4) is 5.75 Å². The maximum atomic E-state index is 6.17. The quantitative estimate of drug-likeness (QED) is 0.935. The maximum absolute atomic E-state index is 6.17. The van der Waals surface area contributed by atoms with Crippen molar-refractivity contribution in [2.75, 3.05) is 6.61 Å². The van der Waals surface area contributed by atoms with E-state index >= 15 is 0 Å². The van der Waals surface area contributed by atoms with E-state index in [0.29, 0.717) is 0 Å². The number of nitrogens with zero attached hydrogens (tertiary/aromatic N) is 1. The average molecular weight is 289 g/mol. The first-order valence-electron chi connectivity index (χ1n) is 6.82. The summed E-state index contributed by atoms with van der Waals surface area (Å²) >= 11 is 6.17. The number of aromatic nitrogens is 1. The Hall–Kier alpha value is -1.58. The molecular formula is C16H17ClN2O. The number of hydrogen-bond acceptors (Lipinski definition) is 3. The van der Waals surface area contributed by atoms with Gasteiger partial charge >= 0.3 is 0 Å². The molecule has 3 rings (SSSR count). The summed E-state index contributed by atoms with van der Waals surface area (Å²) in [6.45, 7) is 3.58. The van der Waals surface area contributed by atoms with Crippen LogP contribution in [0.15, 0.2) is 36.5 Å². The van der Waals surface area contributed by atoms with Crippen molar-refractivity contribution in [3.63, 3.8) is 0 Å². The Morgan fingerprint density at radius 1 is 1.40 bits per heavy atom. The third-order valence-electron chi connectivity index (χ3n) is 3.56. The fraction of sp³-hybridized carbons (Fsp3) is 0.312. The Bertz CT molecular complexity index is 601. The molecule has 0 unspecified atom stereocenters. The number of nitrogens with one attached hydrogen (secondary N) is 1. The molecule has 0 bridgehead atoms. The van der Waals surface area contributed by atoms with Gasteiger partial charge in [-0.25, -0.2) is 0 Å². The number of hydrogen-bond donors (Lipinski definition) is 1. The van der Waals surface area contributed by atoms with Crippen LogP contribution in [0.4, 0.5) is 0 Å². The van der Waals surface area contributed by atoms with Gasteiger partial charge in [0.05, 0.1) is 12.3 Å². The largest absolute Gasteiger partial charge is 0.493 e. The Balaban J connectivity index is 1.73. The van der Waals surface area contributed by atoms with Crippen LogP contribution in [-0.4, -0.2) is 11.6 Å². The van der Waals surface area contributed by atoms with Crippen molar-refractivity contribution in [3.05, 3.63) is 58.4 Å². The van der Waals surface area contributed by atoms with Crippen LogP contribution in [0, 0.1) is 0 Å². The van der Waals surface area contributed by atoms with Crippen molar-refractivity contribution in [2.24, 2.45) is 0 Å². The van der Waals surface area contributed by atoms with Gasteiger partial charge in [-0.05, 0) is 36.8 Å². The van der Waals surface area contributed by atoms with Gasteiger partial charge in [0, 0.05) is 35.8 Å². The van der Waals surface area contributed by atoms with E-state index in [2.05, 4.69) is 17.2 Å². The van der Waals surface area contributed by atoms with Crippen LogP contribution in [-0.2, 0) is 13.0 Å². The molecule has 20 heavy (non-hydrogen) atoms. The van der Waals surface area contributed by atoms with Gasteiger partial charge in [-0.2, -0.15) is 0 Å². The Morgan fingerprint density at radius 2 is 2.30 bits per heavy atom. The summed E-state index contributed by atoms with van der Waals surface area (Å²) in [5, 5.41) is 4.25. The van der Waals surface area contributed by atoms with E-state index in [0.717, 1.165) is 41.6 Å². The number of halogens is 1. The molecule has 0 radical (unpaired) electrons. The van der Waals surface area contributed by atoms with Crippen molar-refractivity contribution in [1.29, 1.82) is 0 Å². The van der Waals surface area contributed by atoms with Gasteiger partial charge in [-0.15, -0.1) is 0 Å². The molecule has 0 fully saturated rings. The number of pyridine rings is 1. The SMILES string of the molecule is C[C@@H](NCc1cc(Cl)cc2c1OCC2)c1ccccn1. The van der Waals surface area contributed by atoms with Crippen LogP contribution in [0.25, 0.3) is 0 Å². The minimum absolute atomic E-state index is 0.187. The van der Waals surface area contributed by atoms with E-state index in [-0.39, 0.29) is 6.04 Å². The topological polar surface area (TPSA) is 34.1 Å². The fourth-order valence-corrected chi connectivity index (χ4v) is 2.74. The van der Waals surface area contributed by atoms with Gasteiger partial charge in [0.25, 0.3) is 0 Å². The molecule has 0 saturated heterocycles. The summed E-state index contributed by atoms with van der Waals surface area (Å²) in [4.78, 5) is 4.36. The highest BCUT2D eigenvalue weighted by atomic mass is 35.5. The van der Waals surface area contributed by atoms with Crippen molar-refractivity contribution < 1.29 is 4.74 Å². The lowest BCUT2D eigenvalue weighted by Gasteiger charge is -2.15. The van der Waals surface area contributed by atoms with Gasteiger partial charge in [-0.3, -0.25) is 4.98 Å². The van der Waals surface area contributed by atoms with Gasteiger partial charge in [0.2, 0.25) is 0 Å². The van der Waals surface area contributed by atoms with E-state index in [1.54, 1.807) is 0 Å². The number of rotatable bonds is 4. The summed E-state index contributed by atoms with van der Waals surface area (Å²) in [7, 11) is 0. The van der Waals surface area contributed by atoms with Gasteiger partial charge in [0.1, 0.15) is 5.75 Å². The van der Waals surface area contributed by atoms with Crippen LogP contribution in [0.1, 0.15) is 29.8 Å². The zero-order valence-corrected chi connectivity index (χ0v) is 12.2. The van der Waals surface area contributed by atoms with E-state index in [1.165, 1.54) is 5.56 Å². The second-order valence-electron chi connectivity index (χ2n) is 5.01. The lowest BCUT2D eigenvalue weighted by atomic mass is 10.1. The van der Waals surface area contributed by atoms with Crippen LogP contribution < -0.4 is 10.1 Å². The second kappa shape index (κ2) is 5.81. The summed E-state index contributed by atoms with van der Waals surface area (Å²) in [6.07, 6.45) is 2.76. The van der Waals surface area contributed by atoms with Crippen molar-refractivity contribution in [2.45, 2.75) is 25.9 Å². The molecule has 104 valence electrons. The lowest BCUT2D eigenvalue weighted by Crippen LogP contribution is -2.19. The molecule has 4 heteroatoms. The van der Waals surface area contributed by atoms with Crippen LogP contribution in [0.5, 0.6) is 5.75 Å². The summed E-state index contributed by atoms with van der Waals surface area (Å²) in [6, 6.07) is 10.1. The monoisotopic (exact) mass is 288 g/mol. The number of ether oxygens (including phenoxy) is 1. The highest BCUT2D eigenvalue weighted by molar-refractivity contribution is 6.30. The second-order valence-corrected chi connectivity index (χ2v) is 5.45. The highest BCUT2D eigenvalue weighted by Crippen LogP contribution is 2.33. The van der Waals surface area contributed by atoms with E-state index in [4.69, 9.17) is 16.3 Å². The molecule has 1 aromatic carbocycles. The highest BCUT2D eigenvalue weighted by Gasteiger charge is 2.18. The molecule has 1 atom stereocenters. The minimum Gasteiger partial charge on any atom is -0.493 e. The molecule has 1 aliphatic heterocycles. The average Bonchev–Trinajstić information content (AvgIpc) is 2.93. The molecule has 1 N–H and O–H groups in total. The molecule has 2 aromatic rings. The molecule has 2 heterocycles. The van der Waals surface area contributed by atoms with Crippen molar-refractivity contribution in [1.82, 2.24) is 10.3 Å². The molecular weight excluding hydrogens is 272 g/mol. The van der Waals surface area contributed by atoms with Gasteiger partial charge < -0.3 is 10.1 Å². The molecule has 0 aliphatic carbocycles. The minimum atomic E-state index is 0.187. The number of benzene rings is 1. The van der Waals surface area contributed by atoms with E-state index in [1.807, 2.05) is 36.5 Å². The third kappa shape index (κ3) is 2.79. The first-order valence-corrected chi connectivity index (χ1v) is 7.20. The molecule has 0 amide bonds. The standard InChI is InChI=1S/C16H17ClN2O/c1-11(15-4-2-3-6-18-15)19-10-13-9-14(17)8-12-5-7-20-16(12)13/h2-4,6,8-9,11,19H,5,7,10H2,1H3/t11-/m1/s1. The van der Waals surface area contributed by atoms with E-state index < -0.39 is 0 Å². The zero-order chi connectivity index (χ0) is 13.9. The van der Waals surface area contributed by atoms with Crippen LogP contribution in [0.2, 0.25) is 5.02 Å². The molecule has 1 aromatic heterocycles. The smallest absolute Gasteiger partial charge is 0.127 e. The predicted octanol–water partition coefficient (Wildman–Crippen LogP) is 3.52. The van der Waals surface area contributed by atoms with Gasteiger partial charge in [-0.1, -0.05) is 17.7 Å². The summed E-state index contributed by atoms with van der Waals surface area (Å²) in [5.74, 6) is 0.995.